The maximum atomic E-state index is 12.0. The van der Waals surface area contributed by atoms with Crippen LogP contribution in [-0.2, 0) is 14.3 Å². The Hall–Kier alpha value is -2.77. The molecule has 8 heteroatoms. The Morgan fingerprint density at radius 1 is 1.13 bits per heavy atom. The van der Waals surface area contributed by atoms with Crippen molar-refractivity contribution < 1.29 is 19.0 Å². The molecule has 0 spiro atoms. The SMILES string of the molecule is N=C1OC(c2ccc(OCC(=O)NCC3CCOCC3)cc2)CN1c1ccc(Cl)cc1. The van der Waals surface area contributed by atoms with Crippen LogP contribution in [0.25, 0.3) is 0 Å². The van der Waals surface area contributed by atoms with Crippen molar-refractivity contribution in [3.63, 3.8) is 0 Å². The number of halogens is 1. The number of amidine groups is 1. The number of ether oxygens (including phenoxy) is 3. The molecule has 7 nitrogen and oxygen atoms in total. The number of nitrogens with zero attached hydrogens (tertiary/aromatic N) is 1. The van der Waals surface area contributed by atoms with E-state index in [4.69, 9.17) is 31.2 Å². The van der Waals surface area contributed by atoms with Crippen LogP contribution in [0, 0.1) is 11.3 Å². The summed E-state index contributed by atoms with van der Waals surface area (Å²) in [7, 11) is 0. The zero-order valence-electron chi connectivity index (χ0n) is 17.2. The summed E-state index contributed by atoms with van der Waals surface area (Å²) in [4.78, 5) is 13.8. The van der Waals surface area contributed by atoms with Gasteiger partial charge in [0.2, 0.25) is 0 Å². The van der Waals surface area contributed by atoms with Gasteiger partial charge < -0.3 is 19.5 Å². The minimum absolute atomic E-state index is 0.0164. The van der Waals surface area contributed by atoms with E-state index < -0.39 is 0 Å². The lowest BCUT2D eigenvalue weighted by Gasteiger charge is -2.22. The first-order valence-electron chi connectivity index (χ1n) is 10.4. The van der Waals surface area contributed by atoms with Crippen LogP contribution in [-0.4, -0.2) is 44.8 Å². The Morgan fingerprint density at radius 2 is 1.84 bits per heavy atom. The molecule has 31 heavy (non-hydrogen) atoms. The second-order valence-electron chi connectivity index (χ2n) is 7.72. The number of amides is 1. The second-order valence-corrected chi connectivity index (χ2v) is 8.15. The van der Waals surface area contributed by atoms with E-state index in [1.165, 1.54) is 0 Å². The van der Waals surface area contributed by atoms with Crippen molar-refractivity contribution in [3.05, 3.63) is 59.1 Å². The van der Waals surface area contributed by atoms with Crippen molar-refractivity contribution in [1.29, 1.82) is 5.41 Å². The van der Waals surface area contributed by atoms with Crippen LogP contribution >= 0.6 is 11.6 Å². The molecule has 0 saturated carbocycles. The van der Waals surface area contributed by atoms with Gasteiger partial charge in [-0.25, -0.2) is 0 Å². The third-order valence-corrected chi connectivity index (χ3v) is 5.79. The van der Waals surface area contributed by atoms with Gasteiger partial charge in [0.25, 0.3) is 11.9 Å². The van der Waals surface area contributed by atoms with Crippen LogP contribution in [0.4, 0.5) is 5.69 Å². The highest BCUT2D eigenvalue weighted by Gasteiger charge is 2.30. The molecule has 0 aliphatic carbocycles. The van der Waals surface area contributed by atoms with E-state index in [-0.39, 0.29) is 24.6 Å². The third-order valence-electron chi connectivity index (χ3n) is 5.54. The van der Waals surface area contributed by atoms with Crippen molar-refractivity contribution in [2.45, 2.75) is 18.9 Å². The minimum Gasteiger partial charge on any atom is -0.484 e. The van der Waals surface area contributed by atoms with Crippen molar-refractivity contribution in [2.75, 3.05) is 37.8 Å². The molecule has 0 radical (unpaired) electrons. The summed E-state index contributed by atoms with van der Waals surface area (Å²) in [6, 6.07) is 14.9. The van der Waals surface area contributed by atoms with E-state index in [0.29, 0.717) is 29.8 Å². The van der Waals surface area contributed by atoms with Crippen molar-refractivity contribution in [1.82, 2.24) is 5.32 Å². The lowest BCUT2D eigenvalue weighted by Crippen LogP contribution is -2.35. The van der Waals surface area contributed by atoms with E-state index in [1.807, 2.05) is 36.4 Å². The summed E-state index contributed by atoms with van der Waals surface area (Å²) in [5, 5.41) is 11.7. The van der Waals surface area contributed by atoms with Gasteiger partial charge in [0.05, 0.1) is 6.54 Å². The Labute approximate surface area is 186 Å². The zero-order valence-corrected chi connectivity index (χ0v) is 17.9. The first-order chi connectivity index (χ1) is 15.1. The van der Waals surface area contributed by atoms with Crippen molar-refractivity contribution >= 4 is 29.2 Å². The average Bonchev–Trinajstić information content (AvgIpc) is 3.19. The first kappa shape index (κ1) is 21.5. The molecule has 2 aromatic carbocycles. The van der Waals surface area contributed by atoms with Gasteiger partial charge in [-0.2, -0.15) is 0 Å². The highest BCUT2D eigenvalue weighted by molar-refractivity contribution is 6.30. The molecular formula is C23H26ClN3O4. The molecule has 0 aromatic heterocycles. The maximum absolute atomic E-state index is 12.0. The lowest BCUT2D eigenvalue weighted by atomic mass is 10.0. The van der Waals surface area contributed by atoms with E-state index >= 15 is 0 Å². The van der Waals surface area contributed by atoms with Crippen LogP contribution in [0.3, 0.4) is 0 Å². The molecule has 1 unspecified atom stereocenters. The van der Waals surface area contributed by atoms with Crippen LogP contribution in [0.1, 0.15) is 24.5 Å². The Balaban J connectivity index is 1.25. The van der Waals surface area contributed by atoms with Gasteiger partial charge in [-0.05, 0) is 60.7 Å². The maximum Gasteiger partial charge on any atom is 0.289 e. The molecule has 2 heterocycles. The van der Waals surface area contributed by atoms with E-state index in [0.717, 1.165) is 37.3 Å². The predicted octanol–water partition coefficient (Wildman–Crippen LogP) is 3.77. The summed E-state index contributed by atoms with van der Waals surface area (Å²) in [5.41, 5.74) is 1.81. The zero-order chi connectivity index (χ0) is 21.6. The number of carbonyl (C=O) groups excluding carboxylic acids is 1. The summed E-state index contributed by atoms with van der Waals surface area (Å²) < 4.78 is 16.7. The summed E-state index contributed by atoms with van der Waals surface area (Å²) in [6.07, 6.45) is 1.72. The standard InChI is InChI=1S/C23H26ClN3O4/c24-18-3-5-19(6-4-18)27-14-21(31-23(27)25)17-1-7-20(8-2-17)30-15-22(28)26-13-16-9-11-29-12-10-16/h1-8,16,21,25H,9-15H2,(H,26,28). The molecule has 1 atom stereocenters. The number of anilines is 1. The predicted molar refractivity (Wildman–Crippen MR) is 119 cm³/mol. The van der Waals surface area contributed by atoms with Crippen LogP contribution < -0.4 is 15.0 Å². The highest BCUT2D eigenvalue weighted by atomic mass is 35.5. The van der Waals surface area contributed by atoms with Gasteiger partial charge >= 0.3 is 0 Å². The Bertz CT molecular complexity index is 898. The van der Waals surface area contributed by atoms with Gasteiger partial charge in [0.1, 0.15) is 11.9 Å². The van der Waals surface area contributed by atoms with E-state index in [9.17, 15) is 4.79 Å². The third kappa shape index (κ3) is 5.68. The molecule has 2 aliphatic rings. The van der Waals surface area contributed by atoms with Crippen LogP contribution in [0.5, 0.6) is 5.75 Å². The summed E-state index contributed by atoms with van der Waals surface area (Å²) >= 11 is 5.95. The molecule has 2 aromatic rings. The molecule has 0 bridgehead atoms. The molecule has 164 valence electrons. The second kappa shape index (κ2) is 10.0. The summed E-state index contributed by atoms with van der Waals surface area (Å²) in [6.45, 7) is 2.72. The lowest BCUT2D eigenvalue weighted by molar-refractivity contribution is -0.123. The molecule has 2 N–H and O–H groups in total. The van der Waals surface area contributed by atoms with Crippen LogP contribution in [0.2, 0.25) is 5.02 Å². The summed E-state index contributed by atoms with van der Waals surface area (Å²) in [5.74, 6) is 0.976. The highest BCUT2D eigenvalue weighted by Crippen LogP contribution is 2.31. The Kier molecular flexibility index (Phi) is 6.94. The molecular weight excluding hydrogens is 418 g/mol. The fraction of sp³-hybridized carbons (Fsp3) is 0.391. The average molecular weight is 444 g/mol. The largest absolute Gasteiger partial charge is 0.484 e. The smallest absolute Gasteiger partial charge is 0.289 e. The number of nitrogens with one attached hydrogen (secondary N) is 2. The molecule has 4 rings (SSSR count). The fourth-order valence-electron chi connectivity index (χ4n) is 3.69. The number of hydrogen-bond donors (Lipinski definition) is 2. The number of hydrogen-bond acceptors (Lipinski definition) is 5. The topological polar surface area (TPSA) is 83.9 Å². The van der Waals surface area contributed by atoms with Crippen molar-refractivity contribution in [3.8, 4) is 5.75 Å². The molecule has 2 saturated heterocycles. The van der Waals surface area contributed by atoms with Gasteiger partial charge in [-0.15, -0.1) is 0 Å². The molecule has 2 fully saturated rings. The normalized spacial score (nSPS) is 19.2. The van der Waals surface area contributed by atoms with Crippen molar-refractivity contribution in [2.24, 2.45) is 5.92 Å². The van der Waals surface area contributed by atoms with Gasteiger partial charge in [0.15, 0.2) is 6.61 Å². The number of rotatable bonds is 7. The van der Waals surface area contributed by atoms with Crippen LogP contribution in [0.15, 0.2) is 48.5 Å². The minimum atomic E-state index is -0.250. The Morgan fingerprint density at radius 3 is 2.55 bits per heavy atom. The van der Waals surface area contributed by atoms with Gasteiger partial charge in [-0.1, -0.05) is 23.7 Å². The van der Waals surface area contributed by atoms with Gasteiger partial charge in [0, 0.05) is 30.5 Å². The number of benzene rings is 2. The number of carbonyl (C=O) groups is 1. The fourth-order valence-corrected chi connectivity index (χ4v) is 3.81. The van der Waals surface area contributed by atoms with E-state index in [2.05, 4.69) is 5.32 Å². The monoisotopic (exact) mass is 443 g/mol. The first-order valence-corrected chi connectivity index (χ1v) is 10.8. The van der Waals surface area contributed by atoms with E-state index in [1.54, 1.807) is 17.0 Å². The molecule has 1 amide bonds. The van der Waals surface area contributed by atoms with Gasteiger partial charge in [-0.3, -0.25) is 15.1 Å². The molecule has 2 aliphatic heterocycles. The quantitative estimate of drug-likeness (QED) is 0.680.